The zero-order chi connectivity index (χ0) is 20.9. The van der Waals surface area contributed by atoms with Gasteiger partial charge in [0.1, 0.15) is 16.9 Å². The van der Waals surface area contributed by atoms with Crippen molar-refractivity contribution in [3.8, 4) is 5.75 Å². The molecule has 1 aliphatic carbocycles. The van der Waals surface area contributed by atoms with Gasteiger partial charge in [-0.05, 0) is 43.7 Å². The number of aliphatic hydroxyl groups excluding tert-OH is 1. The van der Waals surface area contributed by atoms with Crippen molar-refractivity contribution in [1.29, 1.82) is 0 Å². The molecule has 2 N–H and O–H groups in total. The van der Waals surface area contributed by atoms with Crippen LogP contribution in [-0.4, -0.2) is 40.0 Å². The molecule has 1 aliphatic heterocycles. The highest BCUT2D eigenvalue weighted by Gasteiger charge is 2.45. The molecule has 4 rings (SSSR count). The summed E-state index contributed by atoms with van der Waals surface area (Å²) >= 11 is 1.33. The number of carbonyl (C=O) groups is 1. The van der Waals surface area contributed by atoms with E-state index < -0.39 is 12.1 Å². The lowest BCUT2D eigenvalue weighted by Crippen LogP contribution is -2.29. The van der Waals surface area contributed by atoms with E-state index in [1.807, 2.05) is 30.3 Å². The van der Waals surface area contributed by atoms with Gasteiger partial charge in [0.15, 0.2) is 5.69 Å². The first kappa shape index (κ1) is 21.0. The number of hydrogen-bond donors (Lipinski definition) is 2. The van der Waals surface area contributed by atoms with Crippen LogP contribution in [0.15, 0.2) is 47.9 Å². The smallest absolute Gasteiger partial charge is 0.355 e. The Bertz CT molecular complexity index is 867. The first-order valence-electron chi connectivity index (χ1n) is 10.5. The van der Waals surface area contributed by atoms with E-state index in [4.69, 9.17) is 14.6 Å². The first-order chi connectivity index (χ1) is 14.6. The number of nitrogens with zero attached hydrogens (tertiary/aromatic N) is 1. The number of carboxylic acids is 1. The van der Waals surface area contributed by atoms with Crippen LogP contribution in [0.4, 0.5) is 0 Å². The van der Waals surface area contributed by atoms with Gasteiger partial charge in [-0.3, -0.25) is 0 Å². The molecule has 7 heteroatoms. The molecule has 5 unspecified atom stereocenters. The second kappa shape index (κ2) is 9.73. The number of unbranched alkanes of at least 4 members (excludes halogenated alkanes) is 1. The fraction of sp³-hybridized carbons (Fsp3) is 0.478. The van der Waals surface area contributed by atoms with Gasteiger partial charge < -0.3 is 19.7 Å². The maximum Gasteiger partial charge on any atom is 0.355 e. The normalized spacial score (nSPS) is 28.5. The lowest BCUT2D eigenvalue weighted by molar-refractivity contribution is -0.0767. The number of benzene rings is 1. The average molecular weight is 430 g/mol. The largest absolute Gasteiger partial charge is 0.494 e. The Morgan fingerprint density at radius 2 is 2.13 bits per heavy atom. The van der Waals surface area contributed by atoms with Crippen LogP contribution in [-0.2, 0) is 4.74 Å². The molecule has 1 aromatic carbocycles. The fourth-order valence-corrected chi connectivity index (χ4v) is 5.27. The summed E-state index contributed by atoms with van der Waals surface area (Å²) in [6.45, 7) is 0.671. The van der Waals surface area contributed by atoms with Crippen LogP contribution < -0.4 is 4.74 Å². The minimum Gasteiger partial charge on any atom is -0.494 e. The second-order valence-electron chi connectivity index (χ2n) is 7.89. The molecule has 2 heterocycles. The van der Waals surface area contributed by atoms with E-state index in [0.717, 1.165) is 36.4 Å². The molecule has 2 aliphatic rings. The Morgan fingerprint density at radius 1 is 1.30 bits per heavy atom. The minimum absolute atomic E-state index is 0.00741. The summed E-state index contributed by atoms with van der Waals surface area (Å²) in [6, 6.07) is 9.80. The molecule has 30 heavy (non-hydrogen) atoms. The molecule has 160 valence electrons. The van der Waals surface area contributed by atoms with Crippen LogP contribution >= 0.6 is 11.3 Å². The highest BCUT2D eigenvalue weighted by atomic mass is 32.1. The van der Waals surface area contributed by atoms with Crippen molar-refractivity contribution in [3.63, 3.8) is 0 Å². The third kappa shape index (κ3) is 4.91. The van der Waals surface area contributed by atoms with Crippen molar-refractivity contribution in [1.82, 2.24) is 4.98 Å². The van der Waals surface area contributed by atoms with Crippen LogP contribution in [0.25, 0.3) is 0 Å². The van der Waals surface area contributed by atoms with E-state index in [9.17, 15) is 9.90 Å². The van der Waals surface area contributed by atoms with Crippen molar-refractivity contribution >= 4 is 17.3 Å². The van der Waals surface area contributed by atoms with Gasteiger partial charge in [0, 0.05) is 17.7 Å². The highest BCUT2D eigenvalue weighted by Crippen LogP contribution is 2.46. The summed E-state index contributed by atoms with van der Waals surface area (Å²) in [5, 5.41) is 21.9. The van der Waals surface area contributed by atoms with Gasteiger partial charge in [-0.2, -0.15) is 0 Å². The van der Waals surface area contributed by atoms with Crippen molar-refractivity contribution in [2.24, 2.45) is 11.8 Å². The number of rotatable bonds is 8. The molecule has 5 atom stereocenters. The predicted octanol–water partition coefficient (Wildman–Crippen LogP) is 4.47. The lowest BCUT2D eigenvalue weighted by atomic mass is 9.86. The van der Waals surface area contributed by atoms with E-state index in [-0.39, 0.29) is 23.8 Å². The maximum absolute atomic E-state index is 11.1. The number of aromatic nitrogens is 1. The number of hydrogen-bond acceptors (Lipinski definition) is 6. The Hall–Kier alpha value is -2.22. The number of allylic oxidation sites excluding steroid dienone is 1. The van der Waals surface area contributed by atoms with Crippen LogP contribution in [0.3, 0.4) is 0 Å². The van der Waals surface area contributed by atoms with Crippen LogP contribution in [0.2, 0.25) is 0 Å². The molecular formula is C23H27NO5S. The minimum atomic E-state index is -1.01. The fourth-order valence-electron chi connectivity index (χ4n) is 4.41. The molecule has 0 spiro atoms. The van der Waals surface area contributed by atoms with Crippen LogP contribution in [0.5, 0.6) is 5.75 Å². The third-order valence-electron chi connectivity index (χ3n) is 5.89. The summed E-state index contributed by atoms with van der Waals surface area (Å²) in [4.78, 5) is 15.3. The molecule has 1 aromatic heterocycles. The van der Waals surface area contributed by atoms with E-state index in [1.165, 1.54) is 11.3 Å². The topological polar surface area (TPSA) is 88.9 Å². The number of ether oxygens (including phenoxy) is 2. The van der Waals surface area contributed by atoms with Gasteiger partial charge in [0.2, 0.25) is 0 Å². The molecule has 2 fully saturated rings. The lowest BCUT2D eigenvalue weighted by Gasteiger charge is -2.33. The first-order valence-corrected chi connectivity index (χ1v) is 11.4. The van der Waals surface area contributed by atoms with Gasteiger partial charge in [-0.25, -0.2) is 9.78 Å². The van der Waals surface area contributed by atoms with E-state index >= 15 is 0 Å². The molecule has 0 radical (unpaired) electrons. The van der Waals surface area contributed by atoms with E-state index in [0.29, 0.717) is 18.9 Å². The number of para-hydroxylation sites is 1. The number of thiazole rings is 1. The van der Waals surface area contributed by atoms with E-state index in [2.05, 4.69) is 17.1 Å². The zero-order valence-electron chi connectivity index (χ0n) is 16.7. The van der Waals surface area contributed by atoms with Crippen molar-refractivity contribution in [3.05, 3.63) is 58.6 Å². The van der Waals surface area contributed by atoms with Crippen LogP contribution in [0.1, 0.15) is 53.7 Å². The van der Waals surface area contributed by atoms with Crippen molar-refractivity contribution in [2.45, 2.75) is 50.4 Å². The van der Waals surface area contributed by atoms with Gasteiger partial charge >= 0.3 is 5.97 Å². The maximum atomic E-state index is 11.1. The van der Waals surface area contributed by atoms with Gasteiger partial charge in [-0.15, -0.1) is 11.3 Å². The van der Waals surface area contributed by atoms with Gasteiger partial charge in [-0.1, -0.05) is 30.4 Å². The number of carboxylic acid groups (broad SMARTS) is 1. The van der Waals surface area contributed by atoms with E-state index in [1.54, 1.807) is 5.38 Å². The summed E-state index contributed by atoms with van der Waals surface area (Å²) in [5.41, 5.74) is 0.0734. The molecule has 0 amide bonds. The monoisotopic (exact) mass is 429 g/mol. The quantitative estimate of drug-likeness (QED) is 0.475. The molecule has 0 bridgehead atoms. The van der Waals surface area contributed by atoms with Crippen molar-refractivity contribution in [2.75, 3.05) is 6.61 Å². The highest BCUT2D eigenvalue weighted by molar-refractivity contribution is 7.09. The standard InChI is InChI=1S/C23H27NO5S/c25-19-13-21-17(10-11-20(29-21)22-24-18(14-30-22)23(26)27)16(19)9-5-2-6-12-28-15-7-3-1-4-8-15/h1,3-5,7-9,14,16-17,19-21,25H,2,6,10-13H2,(H,26,27). The van der Waals surface area contributed by atoms with Gasteiger partial charge in [0.25, 0.3) is 0 Å². The Morgan fingerprint density at radius 3 is 2.90 bits per heavy atom. The molecule has 2 aromatic rings. The average Bonchev–Trinajstić information content (AvgIpc) is 3.36. The summed E-state index contributed by atoms with van der Waals surface area (Å²) in [6.07, 6.45) is 7.91. The Kier molecular flexibility index (Phi) is 6.82. The summed E-state index contributed by atoms with van der Waals surface area (Å²) in [7, 11) is 0. The Balaban J connectivity index is 1.25. The zero-order valence-corrected chi connectivity index (χ0v) is 17.5. The Labute approximate surface area is 180 Å². The number of aliphatic hydroxyl groups is 1. The molecule has 6 nitrogen and oxygen atoms in total. The van der Waals surface area contributed by atoms with Crippen LogP contribution in [0, 0.1) is 11.8 Å². The predicted molar refractivity (Wildman–Crippen MR) is 114 cm³/mol. The summed E-state index contributed by atoms with van der Waals surface area (Å²) < 4.78 is 11.9. The summed E-state index contributed by atoms with van der Waals surface area (Å²) in [5.74, 6) is 0.283. The molecule has 1 saturated heterocycles. The molecular weight excluding hydrogens is 402 g/mol. The number of fused-ring (bicyclic) bond motifs is 1. The van der Waals surface area contributed by atoms with Crippen molar-refractivity contribution < 1.29 is 24.5 Å². The SMILES string of the molecule is O=C(O)c1csc(C2CCC3C(CC(O)C3C=CCCCOc3ccccc3)O2)n1. The van der Waals surface area contributed by atoms with Gasteiger partial charge in [0.05, 0.1) is 18.8 Å². The molecule has 1 saturated carbocycles. The number of aromatic carboxylic acids is 1. The second-order valence-corrected chi connectivity index (χ2v) is 8.78. The third-order valence-corrected chi connectivity index (χ3v) is 6.83.